The fourth-order valence-corrected chi connectivity index (χ4v) is 0.976. The number of ether oxygens (including phenoxy) is 1. The molecule has 0 aliphatic heterocycles. The molecule has 0 fully saturated rings. The zero-order chi connectivity index (χ0) is 11.0. The Kier molecular flexibility index (Phi) is 7.48. The van der Waals surface area contributed by atoms with Gasteiger partial charge in [-0.2, -0.15) is 0 Å². The molecule has 0 atom stereocenters. The summed E-state index contributed by atoms with van der Waals surface area (Å²) in [7, 11) is 0. The zero-order valence-electron chi connectivity index (χ0n) is 9.80. The Balaban J connectivity index is 3.28. The smallest absolute Gasteiger partial charge is 0.222 e. The first-order valence-corrected chi connectivity index (χ1v) is 5.40. The van der Waals surface area contributed by atoms with E-state index in [-0.39, 0.29) is 12.0 Å². The fourth-order valence-electron chi connectivity index (χ4n) is 0.976. The summed E-state index contributed by atoms with van der Waals surface area (Å²) in [5.41, 5.74) is 0. The van der Waals surface area contributed by atoms with Crippen molar-refractivity contribution in [3.63, 3.8) is 0 Å². The molecule has 0 aliphatic rings. The van der Waals surface area contributed by atoms with E-state index in [9.17, 15) is 4.79 Å². The lowest BCUT2D eigenvalue weighted by Gasteiger charge is -2.08. The second-order valence-corrected chi connectivity index (χ2v) is 4.20. The molecule has 0 aromatic rings. The number of rotatable bonds is 7. The Bertz CT molecular complexity index is 139. The third-order valence-corrected chi connectivity index (χ3v) is 1.82. The summed E-state index contributed by atoms with van der Waals surface area (Å²) in [6.07, 6.45) is 1.71. The summed E-state index contributed by atoms with van der Waals surface area (Å²) >= 11 is 0. The Morgan fingerprint density at radius 1 is 1.29 bits per heavy atom. The van der Waals surface area contributed by atoms with Crippen LogP contribution in [-0.2, 0) is 9.53 Å². The third kappa shape index (κ3) is 9.52. The van der Waals surface area contributed by atoms with Gasteiger partial charge < -0.3 is 10.1 Å². The van der Waals surface area contributed by atoms with Crippen molar-refractivity contribution in [3.05, 3.63) is 0 Å². The number of amides is 1. The first kappa shape index (κ1) is 13.4. The van der Waals surface area contributed by atoms with E-state index in [2.05, 4.69) is 19.2 Å². The quantitative estimate of drug-likeness (QED) is 0.684. The van der Waals surface area contributed by atoms with Crippen LogP contribution in [0, 0.1) is 5.92 Å². The molecule has 84 valence electrons. The van der Waals surface area contributed by atoms with Crippen LogP contribution in [0.5, 0.6) is 0 Å². The maximum Gasteiger partial charge on any atom is 0.222 e. The topological polar surface area (TPSA) is 38.3 Å². The van der Waals surface area contributed by atoms with Gasteiger partial charge in [0.1, 0.15) is 0 Å². The van der Waals surface area contributed by atoms with Gasteiger partial charge in [0.05, 0.1) is 12.7 Å². The first-order chi connectivity index (χ1) is 6.52. The Labute approximate surface area is 87.2 Å². The Morgan fingerprint density at radius 2 is 1.93 bits per heavy atom. The van der Waals surface area contributed by atoms with Crippen LogP contribution < -0.4 is 5.32 Å². The van der Waals surface area contributed by atoms with Gasteiger partial charge in [-0.3, -0.25) is 4.79 Å². The van der Waals surface area contributed by atoms with Gasteiger partial charge in [-0.15, -0.1) is 0 Å². The van der Waals surface area contributed by atoms with Crippen molar-refractivity contribution < 1.29 is 9.53 Å². The molecule has 0 unspecified atom stereocenters. The minimum atomic E-state index is 0.0892. The van der Waals surface area contributed by atoms with Gasteiger partial charge in [0.2, 0.25) is 5.91 Å². The van der Waals surface area contributed by atoms with Crippen LogP contribution in [0.25, 0.3) is 0 Å². The molecular formula is C11H23NO2. The van der Waals surface area contributed by atoms with E-state index < -0.39 is 0 Å². The van der Waals surface area contributed by atoms with Crippen molar-refractivity contribution in [1.82, 2.24) is 5.32 Å². The molecule has 0 saturated heterocycles. The number of carbonyl (C=O) groups is 1. The van der Waals surface area contributed by atoms with Gasteiger partial charge in [0.15, 0.2) is 0 Å². The van der Waals surface area contributed by atoms with Crippen LogP contribution in [0.15, 0.2) is 0 Å². The molecule has 1 N–H and O–H groups in total. The normalized spacial score (nSPS) is 11.0. The minimum Gasteiger partial charge on any atom is -0.378 e. The monoisotopic (exact) mass is 201 g/mol. The molecule has 0 radical (unpaired) electrons. The Morgan fingerprint density at radius 3 is 2.43 bits per heavy atom. The first-order valence-electron chi connectivity index (χ1n) is 5.40. The highest BCUT2D eigenvalue weighted by Crippen LogP contribution is 1.96. The lowest BCUT2D eigenvalue weighted by atomic mass is 10.1. The second-order valence-electron chi connectivity index (χ2n) is 4.20. The molecule has 0 bridgehead atoms. The predicted molar refractivity (Wildman–Crippen MR) is 58.2 cm³/mol. The van der Waals surface area contributed by atoms with Crippen LogP contribution >= 0.6 is 0 Å². The van der Waals surface area contributed by atoms with Gasteiger partial charge in [0, 0.05) is 13.0 Å². The van der Waals surface area contributed by atoms with E-state index in [0.717, 1.165) is 13.0 Å². The van der Waals surface area contributed by atoms with E-state index in [1.807, 2.05) is 13.8 Å². The molecule has 0 heterocycles. The molecule has 3 nitrogen and oxygen atoms in total. The SMILES string of the molecule is CC(C)CCNC(=O)CCOC(C)C. The standard InChI is InChI=1S/C11H23NO2/c1-9(2)5-7-12-11(13)6-8-14-10(3)4/h9-10H,5-8H2,1-4H3,(H,12,13). The van der Waals surface area contributed by atoms with Crippen molar-refractivity contribution in [1.29, 1.82) is 0 Å². The fraction of sp³-hybridized carbons (Fsp3) is 0.909. The highest BCUT2D eigenvalue weighted by atomic mass is 16.5. The predicted octanol–water partition coefficient (Wildman–Crippen LogP) is 1.96. The number of carbonyl (C=O) groups excluding carboxylic acids is 1. The zero-order valence-corrected chi connectivity index (χ0v) is 9.80. The average Bonchev–Trinajstić information content (AvgIpc) is 2.02. The molecule has 0 aromatic carbocycles. The maximum absolute atomic E-state index is 11.2. The number of hydrogen-bond acceptors (Lipinski definition) is 2. The van der Waals surface area contributed by atoms with Crippen LogP contribution in [0.3, 0.4) is 0 Å². The third-order valence-electron chi connectivity index (χ3n) is 1.82. The molecule has 0 aromatic heterocycles. The summed E-state index contributed by atoms with van der Waals surface area (Å²) in [5, 5.41) is 2.87. The number of hydrogen-bond donors (Lipinski definition) is 1. The second kappa shape index (κ2) is 7.80. The van der Waals surface area contributed by atoms with Crippen molar-refractivity contribution in [2.24, 2.45) is 5.92 Å². The minimum absolute atomic E-state index is 0.0892. The highest BCUT2D eigenvalue weighted by Gasteiger charge is 2.02. The van der Waals surface area contributed by atoms with Gasteiger partial charge in [0.25, 0.3) is 0 Å². The van der Waals surface area contributed by atoms with Crippen molar-refractivity contribution in [3.8, 4) is 0 Å². The van der Waals surface area contributed by atoms with Crippen molar-refractivity contribution >= 4 is 5.91 Å². The molecule has 0 saturated carbocycles. The lowest BCUT2D eigenvalue weighted by molar-refractivity contribution is -0.122. The van der Waals surface area contributed by atoms with Crippen LogP contribution in [0.2, 0.25) is 0 Å². The molecule has 0 rings (SSSR count). The van der Waals surface area contributed by atoms with Gasteiger partial charge in [-0.1, -0.05) is 13.8 Å². The summed E-state index contributed by atoms with van der Waals surface area (Å²) in [5.74, 6) is 0.730. The molecule has 0 spiro atoms. The van der Waals surface area contributed by atoms with Gasteiger partial charge in [-0.25, -0.2) is 0 Å². The van der Waals surface area contributed by atoms with Gasteiger partial charge in [-0.05, 0) is 26.2 Å². The Hall–Kier alpha value is -0.570. The van der Waals surface area contributed by atoms with Crippen molar-refractivity contribution in [2.45, 2.75) is 46.6 Å². The van der Waals surface area contributed by atoms with Crippen LogP contribution in [0.4, 0.5) is 0 Å². The van der Waals surface area contributed by atoms with Crippen molar-refractivity contribution in [2.75, 3.05) is 13.2 Å². The average molecular weight is 201 g/mol. The van der Waals surface area contributed by atoms with Gasteiger partial charge >= 0.3 is 0 Å². The summed E-state index contributed by atoms with van der Waals surface area (Å²) < 4.78 is 5.28. The molecule has 14 heavy (non-hydrogen) atoms. The summed E-state index contributed by atoms with van der Waals surface area (Å²) in [4.78, 5) is 11.2. The van der Waals surface area contributed by atoms with E-state index >= 15 is 0 Å². The van der Waals surface area contributed by atoms with E-state index in [0.29, 0.717) is 18.9 Å². The molecular weight excluding hydrogens is 178 g/mol. The number of nitrogens with one attached hydrogen (secondary N) is 1. The highest BCUT2D eigenvalue weighted by molar-refractivity contribution is 5.75. The van der Waals surface area contributed by atoms with Crippen LogP contribution in [-0.4, -0.2) is 25.2 Å². The lowest BCUT2D eigenvalue weighted by Crippen LogP contribution is -2.26. The maximum atomic E-state index is 11.2. The van der Waals surface area contributed by atoms with E-state index in [1.54, 1.807) is 0 Å². The summed E-state index contributed by atoms with van der Waals surface area (Å²) in [6, 6.07) is 0. The largest absolute Gasteiger partial charge is 0.378 e. The molecule has 3 heteroatoms. The molecule has 1 amide bonds. The van der Waals surface area contributed by atoms with Crippen LogP contribution in [0.1, 0.15) is 40.5 Å². The molecule has 0 aliphatic carbocycles. The summed E-state index contributed by atoms with van der Waals surface area (Å²) in [6.45, 7) is 9.53. The van der Waals surface area contributed by atoms with E-state index in [4.69, 9.17) is 4.74 Å². The van der Waals surface area contributed by atoms with E-state index in [1.165, 1.54) is 0 Å².